The molecule has 1 fully saturated rings. The fourth-order valence-electron chi connectivity index (χ4n) is 1.53. The normalized spacial score (nSPS) is 43.5. The molecule has 72 valence electrons. The molecule has 0 radical (unpaired) electrons. The molecule has 0 spiro atoms. The highest BCUT2D eigenvalue weighted by Crippen LogP contribution is 2.24. The summed E-state index contributed by atoms with van der Waals surface area (Å²) in [6, 6.07) is 0. The first-order valence-corrected chi connectivity index (χ1v) is 4.54. The van der Waals surface area contributed by atoms with E-state index in [2.05, 4.69) is 13.8 Å². The van der Waals surface area contributed by atoms with Crippen molar-refractivity contribution < 1.29 is 14.9 Å². The molecule has 1 unspecified atom stereocenters. The maximum atomic E-state index is 9.44. The molecule has 4 atom stereocenters. The molecule has 0 bridgehead atoms. The van der Waals surface area contributed by atoms with Crippen LogP contribution in [-0.2, 0) is 4.74 Å². The van der Waals surface area contributed by atoms with Crippen LogP contribution in [0.4, 0.5) is 0 Å². The van der Waals surface area contributed by atoms with E-state index in [0.717, 1.165) is 0 Å². The van der Waals surface area contributed by atoms with Gasteiger partial charge in [-0.05, 0) is 12.8 Å². The van der Waals surface area contributed by atoms with Gasteiger partial charge >= 0.3 is 0 Å². The van der Waals surface area contributed by atoms with Gasteiger partial charge in [0.1, 0.15) is 6.10 Å². The first-order valence-electron chi connectivity index (χ1n) is 4.54. The molecular formula is C9H18O3. The van der Waals surface area contributed by atoms with Crippen LogP contribution in [0.15, 0.2) is 0 Å². The minimum Gasteiger partial charge on any atom is -0.390 e. The van der Waals surface area contributed by atoms with Crippen molar-refractivity contribution in [3.8, 4) is 0 Å². The fraction of sp³-hybridized carbons (Fsp3) is 1.00. The molecule has 1 saturated heterocycles. The van der Waals surface area contributed by atoms with Crippen LogP contribution in [0.1, 0.15) is 27.2 Å². The molecule has 1 aliphatic rings. The van der Waals surface area contributed by atoms with Crippen molar-refractivity contribution in [3.63, 3.8) is 0 Å². The number of rotatable bonds is 1. The molecule has 1 heterocycles. The highest BCUT2D eigenvalue weighted by atomic mass is 16.5. The van der Waals surface area contributed by atoms with E-state index in [1.807, 2.05) is 0 Å². The smallest absolute Gasteiger partial charge is 0.106 e. The Morgan fingerprint density at radius 1 is 1.33 bits per heavy atom. The Kier molecular flexibility index (Phi) is 3.09. The van der Waals surface area contributed by atoms with E-state index in [4.69, 9.17) is 4.74 Å². The Bertz CT molecular complexity index is 135. The second kappa shape index (κ2) is 3.73. The van der Waals surface area contributed by atoms with Gasteiger partial charge in [-0.25, -0.2) is 0 Å². The van der Waals surface area contributed by atoms with Gasteiger partial charge in [-0.2, -0.15) is 0 Å². The van der Waals surface area contributed by atoms with Gasteiger partial charge in [0.05, 0.1) is 18.3 Å². The van der Waals surface area contributed by atoms with Gasteiger partial charge in [0, 0.05) is 6.42 Å². The number of aliphatic hydroxyl groups excluding tert-OH is 2. The summed E-state index contributed by atoms with van der Waals surface area (Å²) >= 11 is 0. The van der Waals surface area contributed by atoms with Crippen molar-refractivity contribution in [1.82, 2.24) is 0 Å². The van der Waals surface area contributed by atoms with Crippen LogP contribution in [0.5, 0.6) is 0 Å². The lowest BCUT2D eigenvalue weighted by Gasteiger charge is -2.37. The molecule has 3 heteroatoms. The Balaban J connectivity index is 2.53. The van der Waals surface area contributed by atoms with Gasteiger partial charge in [-0.1, -0.05) is 13.8 Å². The number of hydrogen-bond donors (Lipinski definition) is 2. The Labute approximate surface area is 73.4 Å². The molecule has 1 rings (SSSR count). The van der Waals surface area contributed by atoms with Crippen molar-refractivity contribution >= 4 is 0 Å². The predicted octanol–water partition coefficient (Wildman–Crippen LogP) is 0.542. The van der Waals surface area contributed by atoms with Gasteiger partial charge in [-0.15, -0.1) is 0 Å². The third-order valence-electron chi connectivity index (χ3n) is 2.48. The second-order valence-corrected chi connectivity index (χ2v) is 3.92. The topological polar surface area (TPSA) is 49.7 Å². The standard InChI is InChI=1S/C9H18O3/c1-5(2)8-4-7(10)9(11)6(3)12-8/h5-11H,4H2,1-3H3/t6?,7-,8-,9-/m1/s1. The fourth-order valence-corrected chi connectivity index (χ4v) is 1.53. The zero-order valence-electron chi connectivity index (χ0n) is 7.90. The molecule has 0 aromatic rings. The summed E-state index contributed by atoms with van der Waals surface area (Å²) in [5, 5.41) is 18.8. The average molecular weight is 174 g/mol. The first-order chi connectivity index (χ1) is 5.52. The van der Waals surface area contributed by atoms with Crippen LogP contribution in [0, 0.1) is 5.92 Å². The molecule has 0 amide bonds. The molecule has 2 N–H and O–H groups in total. The van der Waals surface area contributed by atoms with Gasteiger partial charge in [0.25, 0.3) is 0 Å². The largest absolute Gasteiger partial charge is 0.390 e. The summed E-state index contributed by atoms with van der Waals surface area (Å²) in [6.45, 7) is 5.91. The maximum absolute atomic E-state index is 9.44. The zero-order chi connectivity index (χ0) is 9.30. The van der Waals surface area contributed by atoms with Gasteiger partial charge in [0.15, 0.2) is 0 Å². The van der Waals surface area contributed by atoms with E-state index in [1.54, 1.807) is 6.92 Å². The number of hydrogen-bond acceptors (Lipinski definition) is 3. The van der Waals surface area contributed by atoms with Crippen molar-refractivity contribution in [3.05, 3.63) is 0 Å². The summed E-state index contributed by atoms with van der Waals surface area (Å²) in [4.78, 5) is 0. The predicted molar refractivity (Wildman–Crippen MR) is 45.8 cm³/mol. The highest BCUT2D eigenvalue weighted by molar-refractivity contribution is 4.84. The van der Waals surface area contributed by atoms with Gasteiger partial charge in [-0.3, -0.25) is 0 Å². The Morgan fingerprint density at radius 2 is 1.92 bits per heavy atom. The number of aliphatic hydroxyl groups is 2. The van der Waals surface area contributed by atoms with E-state index in [0.29, 0.717) is 12.3 Å². The van der Waals surface area contributed by atoms with E-state index in [1.165, 1.54) is 0 Å². The minimum atomic E-state index is -0.722. The van der Waals surface area contributed by atoms with Crippen molar-refractivity contribution in [2.75, 3.05) is 0 Å². The molecule has 12 heavy (non-hydrogen) atoms. The van der Waals surface area contributed by atoms with E-state index < -0.39 is 12.2 Å². The van der Waals surface area contributed by atoms with Crippen LogP contribution in [0.2, 0.25) is 0 Å². The van der Waals surface area contributed by atoms with Crippen LogP contribution >= 0.6 is 0 Å². The molecule has 0 aliphatic carbocycles. The summed E-state index contributed by atoms with van der Waals surface area (Å²) in [7, 11) is 0. The van der Waals surface area contributed by atoms with Crippen molar-refractivity contribution in [2.24, 2.45) is 5.92 Å². The summed E-state index contributed by atoms with van der Waals surface area (Å²) in [6.07, 6.45) is -0.968. The Morgan fingerprint density at radius 3 is 2.33 bits per heavy atom. The van der Waals surface area contributed by atoms with Crippen LogP contribution in [0.3, 0.4) is 0 Å². The monoisotopic (exact) mass is 174 g/mol. The third kappa shape index (κ3) is 1.97. The molecule has 0 aromatic carbocycles. The van der Waals surface area contributed by atoms with Crippen LogP contribution < -0.4 is 0 Å². The summed E-state index contributed by atoms with van der Waals surface area (Å²) in [5.41, 5.74) is 0. The second-order valence-electron chi connectivity index (χ2n) is 3.92. The average Bonchev–Trinajstić information content (AvgIpc) is 1.99. The van der Waals surface area contributed by atoms with Crippen molar-refractivity contribution in [1.29, 1.82) is 0 Å². The minimum absolute atomic E-state index is 0.0819. The highest BCUT2D eigenvalue weighted by Gasteiger charge is 2.34. The zero-order valence-corrected chi connectivity index (χ0v) is 7.90. The van der Waals surface area contributed by atoms with E-state index >= 15 is 0 Å². The van der Waals surface area contributed by atoms with Crippen LogP contribution in [0.25, 0.3) is 0 Å². The maximum Gasteiger partial charge on any atom is 0.106 e. The van der Waals surface area contributed by atoms with E-state index in [9.17, 15) is 10.2 Å². The third-order valence-corrected chi connectivity index (χ3v) is 2.48. The molecule has 3 nitrogen and oxygen atoms in total. The van der Waals surface area contributed by atoms with Crippen LogP contribution in [-0.4, -0.2) is 34.6 Å². The van der Waals surface area contributed by atoms with Gasteiger partial charge in [0.2, 0.25) is 0 Å². The molecule has 0 aromatic heterocycles. The Hall–Kier alpha value is -0.120. The van der Waals surface area contributed by atoms with Crippen molar-refractivity contribution in [2.45, 2.75) is 51.6 Å². The SMILES string of the molecule is CC1O[C@@H](C(C)C)C[C@@H](O)[C@@H]1O. The lowest BCUT2D eigenvalue weighted by molar-refractivity contribution is -0.171. The molecule has 1 aliphatic heterocycles. The first kappa shape index (κ1) is 9.96. The quantitative estimate of drug-likeness (QED) is 0.610. The van der Waals surface area contributed by atoms with E-state index in [-0.39, 0.29) is 12.2 Å². The molecule has 0 saturated carbocycles. The van der Waals surface area contributed by atoms with Gasteiger partial charge < -0.3 is 14.9 Å². The summed E-state index contributed by atoms with van der Waals surface area (Å²) < 4.78 is 5.52. The number of ether oxygens (including phenoxy) is 1. The lowest BCUT2D eigenvalue weighted by Crippen LogP contribution is -2.48. The summed E-state index contributed by atoms with van der Waals surface area (Å²) in [5.74, 6) is 0.398. The lowest BCUT2D eigenvalue weighted by atomic mass is 9.93. The molecular weight excluding hydrogens is 156 g/mol.